The average Bonchev–Trinajstić information content (AvgIpc) is 2.83. The molecule has 0 aliphatic rings. The number of benzene rings is 1. The molecule has 0 aliphatic carbocycles. The third-order valence-corrected chi connectivity index (χ3v) is 2.90. The van der Waals surface area contributed by atoms with Gasteiger partial charge in [0.05, 0.1) is 10.6 Å². The summed E-state index contributed by atoms with van der Waals surface area (Å²) in [5.74, 6) is 0.123. The summed E-state index contributed by atoms with van der Waals surface area (Å²) >= 11 is 5.94. The molecule has 1 N–H and O–H groups in total. The lowest BCUT2D eigenvalue weighted by molar-refractivity contribution is 0.491. The summed E-state index contributed by atoms with van der Waals surface area (Å²) in [6, 6.07) is 4.44. The SMILES string of the molecule is CCCNCCc1nnc(-c2c(F)cccc2Cl)o1. The van der Waals surface area contributed by atoms with Gasteiger partial charge in [-0.1, -0.05) is 24.6 Å². The number of aromatic nitrogens is 2. The molecule has 0 atom stereocenters. The third kappa shape index (κ3) is 3.52. The number of nitrogens with zero attached hydrogens (tertiary/aromatic N) is 2. The van der Waals surface area contributed by atoms with Gasteiger partial charge in [0.1, 0.15) is 5.82 Å². The second-order valence-corrected chi connectivity index (χ2v) is 4.50. The fourth-order valence-corrected chi connectivity index (χ4v) is 1.90. The average molecular weight is 284 g/mol. The van der Waals surface area contributed by atoms with Crippen LogP contribution < -0.4 is 5.32 Å². The normalized spacial score (nSPS) is 10.9. The van der Waals surface area contributed by atoms with Crippen molar-refractivity contribution in [2.24, 2.45) is 0 Å². The van der Waals surface area contributed by atoms with Crippen LogP contribution in [0.4, 0.5) is 4.39 Å². The highest BCUT2D eigenvalue weighted by Gasteiger charge is 2.16. The van der Waals surface area contributed by atoms with Crippen LogP contribution in [0.15, 0.2) is 22.6 Å². The number of hydrogen-bond donors (Lipinski definition) is 1. The molecule has 4 nitrogen and oxygen atoms in total. The van der Waals surface area contributed by atoms with E-state index in [-0.39, 0.29) is 16.5 Å². The van der Waals surface area contributed by atoms with Gasteiger partial charge in [0.15, 0.2) is 0 Å². The number of rotatable bonds is 6. The van der Waals surface area contributed by atoms with Gasteiger partial charge in [-0.25, -0.2) is 4.39 Å². The van der Waals surface area contributed by atoms with E-state index in [1.165, 1.54) is 12.1 Å². The molecule has 0 spiro atoms. The van der Waals surface area contributed by atoms with E-state index in [0.717, 1.165) is 19.5 Å². The molecule has 1 heterocycles. The van der Waals surface area contributed by atoms with Gasteiger partial charge in [-0.15, -0.1) is 10.2 Å². The first-order valence-electron chi connectivity index (χ1n) is 6.20. The molecule has 0 aliphatic heterocycles. The fourth-order valence-electron chi connectivity index (χ4n) is 1.65. The van der Waals surface area contributed by atoms with Crippen molar-refractivity contribution in [1.29, 1.82) is 0 Å². The zero-order valence-electron chi connectivity index (χ0n) is 10.6. The maximum atomic E-state index is 13.7. The van der Waals surface area contributed by atoms with Crippen molar-refractivity contribution >= 4 is 11.6 Å². The van der Waals surface area contributed by atoms with Crippen LogP contribution in [0, 0.1) is 5.82 Å². The Balaban J connectivity index is 2.08. The molecule has 0 unspecified atom stereocenters. The Kier molecular flexibility index (Phi) is 4.87. The summed E-state index contributed by atoms with van der Waals surface area (Å²) < 4.78 is 19.1. The smallest absolute Gasteiger partial charge is 0.252 e. The summed E-state index contributed by atoms with van der Waals surface area (Å²) in [4.78, 5) is 0. The molecular formula is C13H15ClFN3O. The van der Waals surface area contributed by atoms with Gasteiger partial charge < -0.3 is 9.73 Å². The lowest BCUT2D eigenvalue weighted by atomic mass is 10.2. The van der Waals surface area contributed by atoms with Crippen molar-refractivity contribution in [1.82, 2.24) is 15.5 Å². The van der Waals surface area contributed by atoms with Crippen LogP contribution in [0.5, 0.6) is 0 Å². The summed E-state index contributed by atoms with van der Waals surface area (Å²) in [6.45, 7) is 3.79. The molecule has 19 heavy (non-hydrogen) atoms. The second-order valence-electron chi connectivity index (χ2n) is 4.10. The van der Waals surface area contributed by atoms with E-state index in [2.05, 4.69) is 22.4 Å². The van der Waals surface area contributed by atoms with Gasteiger partial charge in [-0.3, -0.25) is 0 Å². The van der Waals surface area contributed by atoms with Crippen LogP contribution in [0.3, 0.4) is 0 Å². The highest BCUT2D eigenvalue weighted by atomic mass is 35.5. The molecule has 0 saturated carbocycles. The zero-order valence-corrected chi connectivity index (χ0v) is 11.4. The van der Waals surface area contributed by atoms with Crippen LogP contribution >= 0.6 is 11.6 Å². The van der Waals surface area contributed by atoms with Gasteiger partial charge in [-0.2, -0.15) is 0 Å². The minimum Gasteiger partial charge on any atom is -0.420 e. The molecule has 6 heteroatoms. The van der Waals surface area contributed by atoms with Crippen LogP contribution in [-0.2, 0) is 6.42 Å². The molecule has 1 aromatic carbocycles. The Morgan fingerprint density at radius 3 is 2.89 bits per heavy atom. The van der Waals surface area contributed by atoms with Crippen molar-refractivity contribution in [2.45, 2.75) is 19.8 Å². The minimum atomic E-state index is -0.466. The summed E-state index contributed by atoms with van der Waals surface area (Å²) in [5, 5.41) is 11.2. The zero-order chi connectivity index (χ0) is 13.7. The first-order chi connectivity index (χ1) is 9.22. The topological polar surface area (TPSA) is 51.0 Å². The van der Waals surface area contributed by atoms with Gasteiger partial charge in [0.25, 0.3) is 5.89 Å². The standard InChI is InChI=1S/C13H15ClFN3O/c1-2-7-16-8-6-11-17-18-13(19-11)12-9(14)4-3-5-10(12)15/h3-5,16H,2,6-8H2,1H3. The van der Waals surface area contributed by atoms with Crippen molar-refractivity contribution in [2.75, 3.05) is 13.1 Å². The van der Waals surface area contributed by atoms with Gasteiger partial charge in [-0.05, 0) is 25.1 Å². The number of nitrogens with one attached hydrogen (secondary N) is 1. The summed E-state index contributed by atoms with van der Waals surface area (Å²) in [5.41, 5.74) is 0.157. The van der Waals surface area contributed by atoms with Gasteiger partial charge in [0, 0.05) is 13.0 Å². The molecule has 102 valence electrons. The summed E-state index contributed by atoms with van der Waals surface area (Å²) in [6.07, 6.45) is 1.68. The molecule has 2 aromatic rings. The first kappa shape index (κ1) is 14.0. The van der Waals surface area contributed by atoms with E-state index < -0.39 is 5.82 Å². The van der Waals surface area contributed by atoms with E-state index in [1.807, 2.05) is 0 Å². The predicted octanol–water partition coefficient (Wildman–Crippen LogP) is 3.07. The van der Waals surface area contributed by atoms with Crippen molar-refractivity contribution in [3.63, 3.8) is 0 Å². The molecule has 0 radical (unpaired) electrons. The molecule has 0 amide bonds. The first-order valence-corrected chi connectivity index (χ1v) is 6.57. The molecular weight excluding hydrogens is 269 g/mol. The third-order valence-electron chi connectivity index (χ3n) is 2.59. The van der Waals surface area contributed by atoms with Gasteiger partial charge >= 0.3 is 0 Å². The van der Waals surface area contributed by atoms with Gasteiger partial charge in [0.2, 0.25) is 5.89 Å². The maximum Gasteiger partial charge on any atom is 0.252 e. The minimum absolute atomic E-state index is 0.119. The Morgan fingerprint density at radius 1 is 1.32 bits per heavy atom. The molecule has 2 rings (SSSR count). The van der Waals surface area contributed by atoms with Crippen molar-refractivity contribution < 1.29 is 8.81 Å². The van der Waals surface area contributed by atoms with Crippen molar-refractivity contribution in [3.8, 4) is 11.5 Å². The van der Waals surface area contributed by atoms with E-state index in [4.69, 9.17) is 16.0 Å². The van der Waals surface area contributed by atoms with Crippen LogP contribution in [0.1, 0.15) is 19.2 Å². The molecule has 0 bridgehead atoms. The fraction of sp³-hybridized carbons (Fsp3) is 0.385. The summed E-state index contributed by atoms with van der Waals surface area (Å²) in [7, 11) is 0. The van der Waals surface area contributed by atoms with E-state index >= 15 is 0 Å². The monoisotopic (exact) mass is 283 g/mol. The van der Waals surface area contributed by atoms with E-state index in [1.54, 1.807) is 6.07 Å². The van der Waals surface area contributed by atoms with Crippen LogP contribution in [-0.4, -0.2) is 23.3 Å². The Bertz CT molecular complexity index is 524. The largest absolute Gasteiger partial charge is 0.420 e. The van der Waals surface area contributed by atoms with E-state index in [0.29, 0.717) is 12.3 Å². The number of hydrogen-bond acceptors (Lipinski definition) is 4. The predicted molar refractivity (Wildman–Crippen MR) is 71.6 cm³/mol. The highest BCUT2D eigenvalue weighted by molar-refractivity contribution is 6.33. The number of halogens is 2. The lowest BCUT2D eigenvalue weighted by Gasteiger charge is -2.00. The Hall–Kier alpha value is -1.46. The molecule has 0 fully saturated rings. The Labute approximate surface area is 116 Å². The van der Waals surface area contributed by atoms with E-state index in [9.17, 15) is 4.39 Å². The molecule has 0 saturated heterocycles. The molecule has 1 aromatic heterocycles. The second kappa shape index (κ2) is 6.63. The van der Waals surface area contributed by atoms with Crippen LogP contribution in [0.2, 0.25) is 5.02 Å². The highest BCUT2D eigenvalue weighted by Crippen LogP contribution is 2.29. The van der Waals surface area contributed by atoms with Crippen molar-refractivity contribution in [3.05, 3.63) is 34.9 Å². The quantitative estimate of drug-likeness (QED) is 0.828. The lowest BCUT2D eigenvalue weighted by Crippen LogP contribution is -2.17. The maximum absolute atomic E-state index is 13.7. The van der Waals surface area contributed by atoms with Crippen LogP contribution in [0.25, 0.3) is 11.5 Å². The Morgan fingerprint density at radius 2 is 2.16 bits per heavy atom.